The van der Waals surface area contributed by atoms with E-state index in [1.54, 1.807) is 0 Å². The van der Waals surface area contributed by atoms with Crippen molar-refractivity contribution in [2.45, 2.75) is 51.6 Å². The van der Waals surface area contributed by atoms with Gasteiger partial charge < -0.3 is 4.90 Å². The summed E-state index contributed by atoms with van der Waals surface area (Å²) in [6.45, 7) is 3.86. The summed E-state index contributed by atoms with van der Waals surface area (Å²) in [5.74, 6) is -7.41. The van der Waals surface area contributed by atoms with Crippen molar-refractivity contribution in [1.82, 2.24) is 4.90 Å². The van der Waals surface area contributed by atoms with Crippen LogP contribution in [0.5, 0.6) is 0 Å². The lowest BCUT2D eigenvalue weighted by atomic mass is 9.74. The van der Waals surface area contributed by atoms with E-state index in [0.29, 0.717) is 17.7 Å². The fraction of sp³-hybridized carbons (Fsp3) is 0.917. The molecule has 0 unspecified atom stereocenters. The second-order valence-electron chi connectivity index (χ2n) is 5.07. The Labute approximate surface area is 108 Å². The van der Waals surface area contributed by atoms with Crippen LogP contribution in [0, 0.1) is 5.41 Å². The SMILES string of the molecule is CCC1(CC)CCN(C(=O)C(F)(F)C(F)(F)F)CC1. The Morgan fingerprint density at radius 3 is 1.79 bits per heavy atom. The molecule has 1 fully saturated rings. The summed E-state index contributed by atoms with van der Waals surface area (Å²) in [4.78, 5) is 11.9. The highest BCUT2D eigenvalue weighted by Gasteiger charge is 2.64. The molecule has 0 aromatic carbocycles. The maximum Gasteiger partial charge on any atom is 0.463 e. The van der Waals surface area contributed by atoms with E-state index < -0.39 is 18.0 Å². The number of carbonyl (C=O) groups excluding carboxylic acids is 1. The average molecular weight is 287 g/mol. The summed E-state index contributed by atoms with van der Waals surface area (Å²) >= 11 is 0. The molecule has 0 radical (unpaired) electrons. The fourth-order valence-electron chi connectivity index (χ4n) is 2.46. The third-order valence-electron chi connectivity index (χ3n) is 4.24. The van der Waals surface area contributed by atoms with Gasteiger partial charge in [-0.1, -0.05) is 26.7 Å². The van der Waals surface area contributed by atoms with Crippen molar-refractivity contribution in [3.8, 4) is 0 Å². The number of amides is 1. The van der Waals surface area contributed by atoms with Crippen LogP contribution in [-0.4, -0.2) is 36.0 Å². The van der Waals surface area contributed by atoms with Crippen molar-refractivity contribution in [3.05, 3.63) is 0 Å². The van der Waals surface area contributed by atoms with E-state index in [-0.39, 0.29) is 18.5 Å². The van der Waals surface area contributed by atoms with Crippen molar-refractivity contribution in [1.29, 1.82) is 0 Å². The number of nitrogens with zero attached hydrogens (tertiary/aromatic N) is 1. The molecule has 7 heteroatoms. The van der Waals surface area contributed by atoms with E-state index in [1.807, 2.05) is 13.8 Å². The van der Waals surface area contributed by atoms with Gasteiger partial charge in [0.05, 0.1) is 0 Å². The maximum absolute atomic E-state index is 12.9. The van der Waals surface area contributed by atoms with Crippen LogP contribution in [0.3, 0.4) is 0 Å². The van der Waals surface area contributed by atoms with Crippen LogP contribution in [-0.2, 0) is 4.79 Å². The summed E-state index contributed by atoms with van der Waals surface area (Å²) in [6.07, 6.45) is -3.21. The molecule has 0 aliphatic carbocycles. The number of hydrogen-bond acceptors (Lipinski definition) is 1. The summed E-state index contributed by atoms with van der Waals surface area (Å²) in [7, 11) is 0. The second kappa shape index (κ2) is 5.25. The van der Waals surface area contributed by atoms with Crippen LogP contribution in [0.1, 0.15) is 39.5 Å². The summed E-state index contributed by atoms with van der Waals surface area (Å²) in [5, 5.41) is 0. The molecule has 0 spiro atoms. The second-order valence-corrected chi connectivity index (χ2v) is 5.07. The number of carbonyl (C=O) groups is 1. The van der Waals surface area contributed by atoms with Crippen LogP contribution in [0.2, 0.25) is 0 Å². The van der Waals surface area contributed by atoms with E-state index in [9.17, 15) is 26.7 Å². The molecular weight excluding hydrogens is 269 g/mol. The number of halogens is 5. The first-order chi connectivity index (χ1) is 8.59. The Hall–Kier alpha value is -0.880. The number of piperidine rings is 1. The normalized spacial score (nSPS) is 20.5. The molecule has 0 saturated carbocycles. The van der Waals surface area contributed by atoms with Gasteiger partial charge in [0.15, 0.2) is 0 Å². The number of alkyl halides is 5. The Morgan fingerprint density at radius 2 is 1.47 bits per heavy atom. The fourth-order valence-corrected chi connectivity index (χ4v) is 2.46. The van der Waals surface area contributed by atoms with Gasteiger partial charge in [-0.3, -0.25) is 4.79 Å². The third-order valence-corrected chi connectivity index (χ3v) is 4.24. The number of likely N-dealkylation sites (tertiary alicyclic amines) is 1. The first-order valence-corrected chi connectivity index (χ1v) is 6.33. The predicted octanol–water partition coefficient (Wildman–Crippen LogP) is 3.61. The van der Waals surface area contributed by atoms with Crippen LogP contribution in [0.15, 0.2) is 0 Å². The lowest BCUT2D eigenvalue weighted by Gasteiger charge is -2.41. The molecule has 1 aliphatic heterocycles. The lowest BCUT2D eigenvalue weighted by Crippen LogP contribution is -2.54. The zero-order valence-electron chi connectivity index (χ0n) is 11.0. The summed E-state index contributed by atoms with van der Waals surface area (Å²) in [6, 6.07) is 0. The van der Waals surface area contributed by atoms with Gasteiger partial charge in [0.1, 0.15) is 0 Å². The molecule has 2 nitrogen and oxygen atoms in total. The van der Waals surface area contributed by atoms with Gasteiger partial charge in [-0.2, -0.15) is 22.0 Å². The number of hydrogen-bond donors (Lipinski definition) is 0. The van der Waals surface area contributed by atoms with Gasteiger partial charge in [-0.05, 0) is 18.3 Å². The molecule has 0 N–H and O–H groups in total. The molecule has 112 valence electrons. The summed E-state index contributed by atoms with van der Waals surface area (Å²) < 4.78 is 62.3. The molecule has 1 aliphatic rings. The minimum absolute atomic E-state index is 0.0355. The Morgan fingerprint density at radius 1 is 1.05 bits per heavy atom. The minimum Gasteiger partial charge on any atom is -0.337 e. The van der Waals surface area contributed by atoms with Crippen molar-refractivity contribution in [2.24, 2.45) is 5.41 Å². The molecule has 19 heavy (non-hydrogen) atoms. The van der Waals surface area contributed by atoms with E-state index in [1.165, 1.54) is 0 Å². The van der Waals surface area contributed by atoms with Crippen molar-refractivity contribution in [3.63, 3.8) is 0 Å². The number of rotatable bonds is 3. The van der Waals surface area contributed by atoms with Gasteiger partial charge in [0.25, 0.3) is 0 Å². The van der Waals surface area contributed by atoms with E-state index in [0.717, 1.165) is 12.8 Å². The minimum atomic E-state index is -5.83. The highest BCUT2D eigenvalue weighted by molar-refractivity contribution is 5.84. The van der Waals surface area contributed by atoms with Crippen LogP contribution >= 0.6 is 0 Å². The Balaban J connectivity index is 2.74. The van der Waals surface area contributed by atoms with Crippen LogP contribution in [0.25, 0.3) is 0 Å². The monoisotopic (exact) mass is 287 g/mol. The first kappa shape index (κ1) is 16.2. The van der Waals surface area contributed by atoms with Gasteiger partial charge in [0.2, 0.25) is 0 Å². The predicted molar refractivity (Wildman–Crippen MR) is 59.8 cm³/mol. The molecule has 0 aromatic rings. The van der Waals surface area contributed by atoms with Crippen molar-refractivity contribution >= 4 is 5.91 Å². The van der Waals surface area contributed by atoms with Gasteiger partial charge >= 0.3 is 18.0 Å². The lowest BCUT2D eigenvalue weighted by molar-refractivity contribution is -0.275. The quantitative estimate of drug-likeness (QED) is 0.726. The molecule has 1 rings (SSSR count). The Bertz CT molecular complexity index is 326. The molecule has 1 heterocycles. The largest absolute Gasteiger partial charge is 0.463 e. The highest BCUT2D eigenvalue weighted by Crippen LogP contribution is 2.41. The first-order valence-electron chi connectivity index (χ1n) is 6.33. The zero-order valence-corrected chi connectivity index (χ0v) is 11.0. The van der Waals surface area contributed by atoms with Crippen molar-refractivity contribution in [2.75, 3.05) is 13.1 Å². The highest BCUT2D eigenvalue weighted by atomic mass is 19.4. The zero-order chi connectivity index (χ0) is 14.9. The van der Waals surface area contributed by atoms with Crippen LogP contribution in [0.4, 0.5) is 22.0 Å². The Kier molecular flexibility index (Phi) is 4.47. The molecule has 1 amide bonds. The van der Waals surface area contributed by atoms with Gasteiger partial charge in [0, 0.05) is 13.1 Å². The van der Waals surface area contributed by atoms with Gasteiger partial charge in [-0.25, -0.2) is 0 Å². The topological polar surface area (TPSA) is 20.3 Å². The van der Waals surface area contributed by atoms with E-state index in [2.05, 4.69) is 0 Å². The maximum atomic E-state index is 12.9. The molecule has 0 aromatic heterocycles. The molecule has 0 atom stereocenters. The van der Waals surface area contributed by atoms with Crippen molar-refractivity contribution < 1.29 is 26.7 Å². The van der Waals surface area contributed by atoms with Crippen LogP contribution < -0.4 is 0 Å². The molecule has 1 saturated heterocycles. The third kappa shape index (κ3) is 3.00. The molecular formula is C12H18F5NO. The molecule has 0 bridgehead atoms. The standard InChI is InChI=1S/C12H18F5NO/c1-3-10(4-2)5-7-18(8-6-10)9(19)11(13,14)12(15,16)17/h3-8H2,1-2H3. The average Bonchev–Trinajstić information content (AvgIpc) is 2.36. The van der Waals surface area contributed by atoms with E-state index >= 15 is 0 Å². The smallest absolute Gasteiger partial charge is 0.337 e. The van der Waals surface area contributed by atoms with E-state index in [4.69, 9.17) is 0 Å². The summed E-state index contributed by atoms with van der Waals surface area (Å²) in [5.41, 5.74) is -0.0374. The van der Waals surface area contributed by atoms with Gasteiger partial charge in [-0.15, -0.1) is 0 Å².